The van der Waals surface area contributed by atoms with Gasteiger partial charge < -0.3 is 9.84 Å². The summed E-state index contributed by atoms with van der Waals surface area (Å²) in [5, 5.41) is 8.89. The predicted molar refractivity (Wildman–Crippen MR) is 167 cm³/mol. The summed E-state index contributed by atoms with van der Waals surface area (Å²) < 4.78 is 5.94. The van der Waals surface area contributed by atoms with Gasteiger partial charge in [0.1, 0.15) is 5.75 Å². The van der Waals surface area contributed by atoms with Gasteiger partial charge in [0.15, 0.2) is 0 Å². The summed E-state index contributed by atoms with van der Waals surface area (Å²) in [5.41, 5.74) is 8.50. The minimum atomic E-state index is 0.320. The smallest absolute Gasteiger partial charge is 0.119 e. The van der Waals surface area contributed by atoms with Gasteiger partial charge in [-0.25, -0.2) is 0 Å². The van der Waals surface area contributed by atoms with Crippen molar-refractivity contribution in [3.8, 4) is 5.75 Å². The summed E-state index contributed by atoms with van der Waals surface area (Å²) in [4.78, 5) is 0. The van der Waals surface area contributed by atoms with Gasteiger partial charge in [-0.2, -0.15) is 0 Å². The second-order valence-corrected chi connectivity index (χ2v) is 11.2. The second-order valence-electron chi connectivity index (χ2n) is 11.2. The number of aryl methyl sites for hydroxylation is 6. The number of benzene rings is 3. The first-order valence-electron chi connectivity index (χ1n) is 15.7. The van der Waals surface area contributed by atoms with Gasteiger partial charge in [-0.1, -0.05) is 106 Å². The van der Waals surface area contributed by atoms with E-state index in [0.717, 1.165) is 63.7 Å². The molecule has 1 N–H and O–H groups in total. The van der Waals surface area contributed by atoms with Gasteiger partial charge >= 0.3 is 0 Å². The van der Waals surface area contributed by atoms with Gasteiger partial charge in [-0.15, -0.1) is 0 Å². The zero-order chi connectivity index (χ0) is 27.5. The Morgan fingerprint density at radius 3 is 1.77 bits per heavy atom. The fraction of sp³-hybridized carbons (Fsp3) is 0.514. The Morgan fingerprint density at radius 1 is 0.538 bits per heavy atom. The Balaban J connectivity index is 1.35. The van der Waals surface area contributed by atoms with E-state index in [1.54, 1.807) is 0 Å². The van der Waals surface area contributed by atoms with E-state index in [9.17, 15) is 0 Å². The molecule has 3 aromatic carbocycles. The molecular formula is C37H52O2. The first-order chi connectivity index (χ1) is 19.2. The van der Waals surface area contributed by atoms with Crippen LogP contribution < -0.4 is 4.74 Å². The van der Waals surface area contributed by atoms with Crippen molar-refractivity contribution in [3.05, 3.63) is 100 Å². The largest absolute Gasteiger partial charge is 0.494 e. The molecule has 0 unspecified atom stereocenters. The number of hydrogen-bond acceptors (Lipinski definition) is 2. The Labute approximate surface area is 238 Å². The van der Waals surface area contributed by atoms with Crippen LogP contribution in [0.25, 0.3) is 0 Å². The maximum Gasteiger partial charge on any atom is 0.119 e. The molecule has 2 nitrogen and oxygen atoms in total. The molecule has 0 atom stereocenters. The average Bonchev–Trinajstić information content (AvgIpc) is 2.96. The molecule has 0 saturated carbocycles. The highest BCUT2D eigenvalue weighted by molar-refractivity contribution is 5.34. The third kappa shape index (κ3) is 12.4. The van der Waals surface area contributed by atoms with Gasteiger partial charge in [-0.3, -0.25) is 0 Å². The van der Waals surface area contributed by atoms with Gasteiger partial charge in [0.2, 0.25) is 0 Å². The molecule has 0 aromatic heterocycles. The highest BCUT2D eigenvalue weighted by Crippen LogP contribution is 2.19. The SMILES string of the molecule is CCCCCCCCOc1ccc(CCc2ccc(CCc3ccc(CCCCCCO)cc3)c(C)c2)cc1. The van der Waals surface area contributed by atoms with Crippen molar-refractivity contribution < 1.29 is 9.84 Å². The third-order valence-electron chi connectivity index (χ3n) is 7.88. The lowest BCUT2D eigenvalue weighted by Gasteiger charge is -2.10. The van der Waals surface area contributed by atoms with Crippen LogP contribution in [-0.2, 0) is 32.1 Å². The zero-order valence-electron chi connectivity index (χ0n) is 24.7. The Bertz CT molecular complexity index is 1040. The van der Waals surface area contributed by atoms with Crippen LogP contribution in [-0.4, -0.2) is 18.3 Å². The first kappa shape index (κ1) is 31.0. The van der Waals surface area contributed by atoms with Crippen molar-refractivity contribution in [1.29, 1.82) is 0 Å². The van der Waals surface area contributed by atoms with E-state index in [0.29, 0.717) is 6.61 Å². The van der Waals surface area contributed by atoms with E-state index in [-0.39, 0.29) is 0 Å². The Kier molecular flexibility index (Phi) is 14.8. The summed E-state index contributed by atoms with van der Waals surface area (Å²) in [6, 6.07) is 24.9. The van der Waals surface area contributed by atoms with E-state index >= 15 is 0 Å². The lowest BCUT2D eigenvalue weighted by Crippen LogP contribution is -1.99. The van der Waals surface area contributed by atoms with E-state index < -0.39 is 0 Å². The molecule has 3 aromatic rings. The monoisotopic (exact) mass is 528 g/mol. The van der Waals surface area contributed by atoms with Gasteiger partial charge in [0.25, 0.3) is 0 Å². The van der Waals surface area contributed by atoms with E-state index in [1.165, 1.54) is 78.3 Å². The minimum absolute atomic E-state index is 0.320. The van der Waals surface area contributed by atoms with Crippen LogP contribution in [0.5, 0.6) is 5.75 Å². The predicted octanol–water partition coefficient (Wildman–Crippen LogP) is 9.40. The molecule has 0 radical (unpaired) electrons. The van der Waals surface area contributed by atoms with Crippen LogP contribution in [0.2, 0.25) is 0 Å². The summed E-state index contributed by atoms with van der Waals surface area (Å²) >= 11 is 0. The maximum absolute atomic E-state index is 8.89. The molecule has 39 heavy (non-hydrogen) atoms. The maximum atomic E-state index is 8.89. The summed E-state index contributed by atoms with van der Waals surface area (Å²) in [6.07, 6.45) is 17.7. The van der Waals surface area contributed by atoms with Gasteiger partial charge in [-0.05, 0) is 104 Å². The van der Waals surface area contributed by atoms with Crippen molar-refractivity contribution in [2.24, 2.45) is 0 Å². The fourth-order valence-electron chi connectivity index (χ4n) is 5.25. The van der Waals surface area contributed by atoms with Crippen LogP contribution in [0, 0.1) is 6.92 Å². The van der Waals surface area contributed by atoms with Crippen LogP contribution in [0.4, 0.5) is 0 Å². The van der Waals surface area contributed by atoms with Crippen LogP contribution >= 0.6 is 0 Å². The molecule has 0 saturated heterocycles. The number of hydrogen-bond donors (Lipinski definition) is 1. The van der Waals surface area contributed by atoms with Gasteiger partial charge in [0.05, 0.1) is 6.61 Å². The van der Waals surface area contributed by atoms with Crippen molar-refractivity contribution in [1.82, 2.24) is 0 Å². The lowest BCUT2D eigenvalue weighted by atomic mass is 9.96. The standard InChI is InChI=1S/C37H52O2/c1-3-4-5-6-9-12-29-39-37-26-22-34(23-27-37)18-19-35-21-25-36(31(2)30-35)24-20-33-16-14-32(15-17-33)13-10-7-8-11-28-38/h14-17,21-23,25-27,30,38H,3-13,18-20,24,28-29H2,1-2H3. The molecule has 2 heteroatoms. The summed E-state index contributed by atoms with van der Waals surface area (Å²) in [6.45, 7) is 5.67. The van der Waals surface area contributed by atoms with E-state index in [1.807, 2.05) is 0 Å². The minimum Gasteiger partial charge on any atom is -0.494 e. The highest BCUT2D eigenvalue weighted by Gasteiger charge is 2.04. The zero-order valence-corrected chi connectivity index (χ0v) is 24.7. The van der Waals surface area contributed by atoms with Gasteiger partial charge in [0, 0.05) is 6.61 Å². The molecule has 0 aliphatic rings. The Hall–Kier alpha value is -2.58. The van der Waals surface area contributed by atoms with Crippen LogP contribution in [0.3, 0.4) is 0 Å². The normalized spacial score (nSPS) is 11.2. The topological polar surface area (TPSA) is 29.5 Å². The molecule has 0 aliphatic heterocycles. The second kappa shape index (κ2) is 18.7. The first-order valence-corrected chi connectivity index (χ1v) is 15.7. The molecule has 0 aliphatic carbocycles. The van der Waals surface area contributed by atoms with Crippen LogP contribution in [0.15, 0.2) is 66.7 Å². The Morgan fingerprint density at radius 2 is 1.08 bits per heavy atom. The summed E-state index contributed by atoms with van der Waals surface area (Å²) in [7, 11) is 0. The van der Waals surface area contributed by atoms with E-state index in [4.69, 9.17) is 9.84 Å². The third-order valence-corrected chi connectivity index (χ3v) is 7.88. The number of aliphatic hydroxyl groups is 1. The lowest BCUT2D eigenvalue weighted by molar-refractivity contribution is 0.282. The number of unbranched alkanes of at least 4 members (excludes halogenated alkanes) is 8. The molecule has 0 fully saturated rings. The highest BCUT2D eigenvalue weighted by atomic mass is 16.5. The molecule has 0 heterocycles. The van der Waals surface area contributed by atoms with Crippen LogP contribution in [0.1, 0.15) is 105 Å². The quantitative estimate of drug-likeness (QED) is 0.148. The average molecular weight is 529 g/mol. The number of rotatable bonds is 20. The molecule has 0 amide bonds. The fourth-order valence-corrected chi connectivity index (χ4v) is 5.25. The summed E-state index contributed by atoms with van der Waals surface area (Å²) in [5.74, 6) is 0.997. The molecule has 0 bridgehead atoms. The van der Waals surface area contributed by atoms with E-state index in [2.05, 4.69) is 80.6 Å². The number of ether oxygens (including phenoxy) is 1. The number of aliphatic hydroxyl groups excluding tert-OH is 1. The van der Waals surface area contributed by atoms with Crippen molar-refractivity contribution in [2.45, 2.75) is 110 Å². The molecule has 0 spiro atoms. The van der Waals surface area contributed by atoms with Crippen molar-refractivity contribution >= 4 is 0 Å². The van der Waals surface area contributed by atoms with Crippen molar-refractivity contribution in [2.75, 3.05) is 13.2 Å². The molecule has 3 rings (SSSR count). The molecule has 212 valence electrons. The molecular weight excluding hydrogens is 476 g/mol. The van der Waals surface area contributed by atoms with Crippen molar-refractivity contribution in [3.63, 3.8) is 0 Å².